The maximum Gasteiger partial charge on any atom is 0.333 e. The van der Waals surface area contributed by atoms with Gasteiger partial charge in [-0.3, -0.25) is 0 Å². The molecule has 0 heterocycles. The highest BCUT2D eigenvalue weighted by atomic mass is 16.5. The Labute approximate surface area is 157 Å². The Morgan fingerprint density at radius 1 is 1.00 bits per heavy atom. The maximum atomic E-state index is 10.7. The van der Waals surface area contributed by atoms with Crippen molar-refractivity contribution in [1.82, 2.24) is 0 Å². The lowest BCUT2D eigenvalue weighted by Gasteiger charge is -2.05. The van der Waals surface area contributed by atoms with Gasteiger partial charge in [0.2, 0.25) is 0 Å². The Kier molecular flexibility index (Phi) is 20.7. The zero-order valence-electron chi connectivity index (χ0n) is 17.1. The van der Waals surface area contributed by atoms with Gasteiger partial charge in [-0.2, -0.15) is 0 Å². The molecule has 0 atom stereocenters. The molecule has 0 unspecified atom stereocenters. The fourth-order valence-electron chi connectivity index (χ4n) is 0.916. The lowest BCUT2D eigenvalue weighted by molar-refractivity contribution is -0.140. The van der Waals surface area contributed by atoms with Gasteiger partial charge in [-0.25, -0.2) is 14.4 Å². The number of methoxy groups -OCH3 is 1. The maximum absolute atomic E-state index is 10.7. The molecule has 6 heteroatoms. The highest BCUT2D eigenvalue weighted by molar-refractivity contribution is 5.87. The first-order valence-corrected chi connectivity index (χ1v) is 8.38. The first kappa shape index (κ1) is 28.4. The van der Waals surface area contributed by atoms with Crippen LogP contribution in [0.2, 0.25) is 0 Å². The minimum atomic E-state index is -0.347. The van der Waals surface area contributed by atoms with E-state index in [4.69, 9.17) is 4.74 Å². The summed E-state index contributed by atoms with van der Waals surface area (Å²) >= 11 is 0. The Bertz CT molecular complexity index is 463. The fourth-order valence-corrected chi connectivity index (χ4v) is 0.916. The standard InChI is InChI=1S/C8H14O2.C7H12O2.C5H8O2/c1-6(2)5-10-8(9)7(3)4;1-3-5-6-9-7(8)4-2;1-4(2)5(6)7-3/h6H,3,5H2,1-2,4H3;4H,2-3,5-6H2,1H3;1H2,2-3H3. The molecule has 0 radical (unpaired) electrons. The summed E-state index contributed by atoms with van der Waals surface area (Å²) in [5.74, 6) is -0.583. The predicted octanol–water partition coefficient (Wildman–Crippen LogP) is 4.01. The van der Waals surface area contributed by atoms with Crippen molar-refractivity contribution in [3.63, 3.8) is 0 Å². The van der Waals surface area contributed by atoms with E-state index in [2.05, 4.69) is 29.2 Å². The molecule has 6 nitrogen and oxygen atoms in total. The van der Waals surface area contributed by atoms with E-state index in [1.807, 2.05) is 20.8 Å². The van der Waals surface area contributed by atoms with Crippen molar-refractivity contribution in [1.29, 1.82) is 0 Å². The number of unbranched alkanes of at least 4 members (excludes halogenated alkanes) is 1. The molecule has 0 aromatic heterocycles. The van der Waals surface area contributed by atoms with Crippen molar-refractivity contribution in [3.8, 4) is 0 Å². The molecule has 0 amide bonds. The van der Waals surface area contributed by atoms with E-state index in [1.165, 1.54) is 13.2 Å². The molecule has 0 aliphatic carbocycles. The summed E-state index contributed by atoms with van der Waals surface area (Å²) in [6, 6.07) is 0. The summed E-state index contributed by atoms with van der Waals surface area (Å²) in [5, 5.41) is 0. The van der Waals surface area contributed by atoms with E-state index in [0.717, 1.165) is 12.8 Å². The molecule has 0 bridgehead atoms. The number of esters is 3. The lowest BCUT2D eigenvalue weighted by atomic mass is 10.2. The van der Waals surface area contributed by atoms with Crippen LogP contribution in [-0.2, 0) is 28.6 Å². The van der Waals surface area contributed by atoms with E-state index in [0.29, 0.717) is 30.3 Å². The van der Waals surface area contributed by atoms with Gasteiger partial charge >= 0.3 is 17.9 Å². The number of carbonyl (C=O) groups is 3. The van der Waals surface area contributed by atoms with Crippen molar-refractivity contribution >= 4 is 17.9 Å². The van der Waals surface area contributed by atoms with Crippen LogP contribution in [0.1, 0.15) is 47.5 Å². The summed E-state index contributed by atoms with van der Waals surface area (Å²) in [5.41, 5.74) is 0.892. The predicted molar refractivity (Wildman–Crippen MR) is 104 cm³/mol. The number of hydrogen-bond donors (Lipinski definition) is 0. The Morgan fingerprint density at radius 3 is 1.77 bits per heavy atom. The van der Waals surface area contributed by atoms with E-state index in [9.17, 15) is 14.4 Å². The SMILES string of the molecule is C=C(C)C(=O)OC.C=C(C)C(=O)OCC(C)C.C=CC(=O)OCCCC. The van der Waals surface area contributed by atoms with Crippen LogP contribution in [0.25, 0.3) is 0 Å². The van der Waals surface area contributed by atoms with E-state index in [-0.39, 0.29) is 17.9 Å². The zero-order chi connectivity index (χ0) is 21.1. The van der Waals surface area contributed by atoms with Crippen molar-refractivity contribution in [2.75, 3.05) is 20.3 Å². The summed E-state index contributed by atoms with van der Waals surface area (Å²) in [6.45, 7) is 20.3. The molecule has 0 aromatic rings. The van der Waals surface area contributed by atoms with Gasteiger partial charge in [-0.15, -0.1) is 0 Å². The topological polar surface area (TPSA) is 78.9 Å². The van der Waals surface area contributed by atoms with Crippen LogP contribution in [0.4, 0.5) is 0 Å². The molecular formula is C20H34O6. The van der Waals surface area contributed by atoms with Crippen LogP contribution < -0.4 is 0 Å². The molecule has 0 saturated carbocycles. The lowest BCUT2D eigenvalue weighted by Crippen LogP contribution is -2.09. The molecule has 0 aliphatic rings. The first-order valence-electron chi connectivity index (χ1n) is 8.38. The molecule has 0 rings (SSSR count). The Balaban J connectivity index is -0.000000310. The molecule has 0 N–H and O–H groups in total. The highest BCUT2D eigenvalue weighted by Crippen LogP contribution is 1.97. The number of ether oxygens (including phenoxy) is 3. The van der Waals surface area contributed by atoms with Crippen LogP contribution in [0, 0.1) is 5.92 Å². The van der Waals surface area contributed by atoms with Gasteiger partial charge in [-0.1, -0.05) is 46.9 Å². The monoisotopic (exact) mass is 370 g/mol. The third kappa shape index (κ3) is 23.9. The van der Waals surface area contributed by atoms with E-state index < -0.39 is 0 Å². The van der Waals surface area contributed by atoms with Crippen LogP contribution in [-0.4, -0.2) is 38.2 Å². The second kappa shape index (κ2) is 19.0. The van der Waals surface area contributed by atoms with Crippen LogP contribution >= 0.6 is 0 Å². The second-order valence-corrected chi connectivity index (χ2v) is 5.77. The summed E-state index contributed by atoms with van der Waals surface area (Å²) in [6.07, 6.45) is 3.15. The van der Waals surface area contributed by atoms with Crippen LogP contribution in [0.15, 0.2) is 37.0 Å². The molecular weight excluding hydrogens is 336 g/mol. The molecule has 0 spiro atoms. The summed E-state index contributed by atoms with van der Waals surface area (Å²) in [7, 11) is 1.33. The van der Waals surface area contributed by atoms with Gasteiger partial charge in [0.15, 0.2) is 0 Å². The van der Waals surface area contributed by atoms with Gasteiger partial charge < -0.3 is 14.2 Å². The number of rotatable bonds is 8. The first-order chi connectivity index (χ1) is 12.0. The highest BCUT2D eigenvalue weighted by Gasteiger charge is 2.03. The Hall–Kier alpha value is -2.37. The minimum absolute atomic E-state index is 0.297. The molecule has 26 heavy (non-hydrogen) atoms. The quantitative estimate of drug-likeness (QED) is 0.278. The van der Waals surface area contributed by atoms with Gasteiger partial charge in [-0.05, 0) is 26.2 Å². The largest absolute Gasteiger partial charge is 0.466 e. The fraction of sp³-hybridized carbons (Fsp3) is 0.550. The smallest absolute Gasteiger partial charge is 0.333 e. The third-order valence-electron chi connectivity index (χ3n) is 2.34. The molecule has 0 aliphatic heterocycles. The van der Waals surface area contributed by atoms with E-state index in [1.54, 1.807) is 13.8 Å². The number of carbonyl (C=O) groups excluding carboxylic acids is 3. The van der Waals surface area contributed by atoms with Crippen LogP contribution in [0.5, 0.6) is 0 Å². The number of hydrogen-bond acceptors (Lipinski definition) is 6. The zero-order valence-corrected chi connectivity index (χ0v) is 17.1. The van der Waals surface area contributed by atoms with E-state index >= 15 is 0 Å². The van der Waals surface area contributed by atoms with Gasteiger partial charge in [0.25, 0.3) is 0 Å². The normalized spacial score (nSPS) is 8.73. The molecule has 0 fully saturated rings. The van der Waals surface area contributed by atoms with Crippen molar-refractivity contribution in [3.05, 3.63) is 37.0 Å². The molecule has 150 valence electrons. The van der Waals surface area contributed by atoms with Crippen LogP contribution in [0.3, 0.4) is 0 Å². The average molecular weight is 370 g/mol. The van der Waals surface area contributed by atoms with Crippen molar-refractivity contribution < 1.29 is 28.6 Å². The van der Waals surface area contributed by atoms with Gasteiger partial charge in [0.1, 0.15) is 0 Å². The summed E-state index contributed by atoms with van der Waals surface area (Å²) in [4.78, 5) is 31.3. The van der Waals surface area contributed by atoms with Gasteiger partial charge in [0.05, 0.1) is 20.3 Å². The third-order valence-corrected chi connectivity index (χ3v) is 2.34. The Morgan fingerprint density at radius 2 is 1.50 bits per heavy atom. The average Bonchev–Trinajstić information content (AvgIpc) is 2.59. The van der Waals surface area contributed by atoms with Crippen molar-refractivity contribution in [2.24, 2.45) is 5.92 Å². The van der Waals surface area contributed by atoms with Gasteiger partial charge in [0, 0.05) is 17.2 Å². The second-order valence-electron chi connectivity index (χ2n) is 5.77. The minimum Gasteiger partial charge on any atom is -0.466 e. The molecule has 0 saturated heterocycles. The summed E-state index contributed by atoms with van der Waals surface area (Å²) < 4.78 is 13.8. The molecule has 0 aromatic carbocycles. The van der Waals surface area contributed by atoms with Crippen molar-refractivity contribution in [2.45, 2.75) is 47.5 Å².